The SMILES string of the molecule is N#CCCNC(=O)COC(=O)/C=C/c1ccc(Cl)c(Cl)c1. The van der Waals surface area contributed by atoms with Crippen molar-refractivity contribution in [3.8, 4) is 6.07 Å². The number of ether oxygens (including phenoxy) is 1. The zero-order valence-corrected chi connectivity index (χ0v) is 12.4. The van der Waals surface area contributed by atoms with E-state index in [0.29, 0.717) is 15.6 Å². The molecule has 1 rings (SSSR count). The van der Waals surface area contributed by atoms with Crippen LogP contribution in [0.3, 0.4) is 0 Å². The molecule has 1 N–H and O–H groups in total. The summed E-state index contributed by atoms with van der Waals surface area (Å²) < 4.78 is 4.73. The van der Waals surface area contributed by atoms with E-state index in [1.54, 1.807) is 18.2 Å². The molecule has 0 bridgehead atoms. The Balaban J connectivity index is 2.39. The predicted molar refractivity (Wildman–Crippen MR) is 79.7 cm³/mol. The highest BCUT2D eigenvalue weighted by molar-refractivity contribution is 6.42. The number of rotatable bonds is 6. The molecule has 0 aliphatic heterocycles. The predicted octanol–water partition coefficient (Wildman–Crippen LogP) is 2.58. The number of hydrogen-bond donors (Lipinski definition) is 1. The highest BCUT2D eigenvalue weighted by Gasteiger charge is 2.04. The summed E-state index contributed by atoms with van der Waals surface area (Å²) in [6, 6.07) is 6.78. The first-order chi connectivity index (χ1) is 10.0. The summed E-state index contributed by atoms with van der Waals surface area (Å²) in [5.41, 5.74) is 0.680. The van der Waals surface area contributed by atoms with Gasteiger partial charge in [-0.05, 0) is 23.8 Å². The first kappa shape index (κ1) is 17.0. The molecule has 21 heavy (non-hydrogen) atoms. The van der Waals surface area contributed by atoms with E-state index in [9.17, 15) is 9.59 Å². The standard InChI is InChI=1S/C14H12Cl2N2O3/c15-11-4-2-10(8-12(11)16)3-5-14(20)21-9-13(19)18-7-1-6-17/h2-5,8H,1,7,9H2,(H,18,19)/b5-3+. The molecule has 5 nitrogen and oxygen atoms in total. The van der Waals surface area contributed by atoms with Gasteiger partial charge in [0.25, 0.3) is 5.91 Å². The van der Waals surface area contributed by atoms with Crippen LogP contribution in [0.5, 0.6) is 0 Å². The molecule has 1 amide bonds. The van der Waals surface area contributed by atoms with Crippen LogP contribution in [-0.4, -0.2) is 25.0 Å². The summed E-state index contributed by atoms with van der Waals surface area (Å²) in [5, 5.41) is 11.5. The zero-order chi connectivity index (χ0) is 15.7. The maximum absolute atomic E-state index is 11.4. The largest absolute Gasteiger partial charge is 0.452 e. The van der Waals surface area contributed by atoms with Crippen molar-refractivity contribution in [2.24, 2.45) is 0 Å². The van der Waals surface area contributed by atoms with Crippen LogP contribution >= 0.6 is 23.2 Å². The van der Waals surface area contributed by atoms with Gasteiger partial charge in [-0.2, -0.15) is 5.26 Å². The summed E-state index contributed by atoms with van der Waals surface area (Å²) >= 11 is 11.6. The number of carbonyl (C=O) groups excluding carboxylic acids is 2. The Labute approximate surface area is 132 Å². The van der Waals surface area contributed by atoms with Gasteiger partial charge in [0.15, 0.2) is 6.61 Å². The average Bonchev–Trinajstić information content (AvgIpc) is 2.46. The van der Waals surface area contributed by atoms with E-state index in [2.05, 4.69) is 5.32 Å². The third-order valence-electron chi connectivity index (χ3n) is 2.26. The summed E-state index contributed by atoms with van der Waals surface area (Å²) in [6.07, 6.45) is 2.89. The van der Waals surface area contributed by atoms with Gasteiger partial charge in [-0.15, -0.1) is 0 Å². The lowest BCUT2D eigenvalue weighted by Gasteiger charge is -2.03. The second-order valence-corrected chi connectivity index (χ2v) is 4.69. The van der Waals surface area contributed by atoms with Crippen LogP contribution in [0.2, 0.25) is 10.0 Å². The number of halogens is 2. The van der Waals surface area contributed by atoms with Crippen LogP contribution in [0.4, 0.5) is 0 Å². The van der Waals surface area contributed by atoms with Crippen molar-refractivity contribution in [2.45, 2.75) is 6.42 Å². The van der Waals surface area contributed by atoms with Gasteiger partial charge in [-0.1, -0.05) is 29.3 Å². The van der Waals surface area contributed by atoms with Crippen LogP contribution in [0.25, 0.3) is 6.08 Å². The van der Waals surface area contributed by atoms with Crippen molar-refractivity contribution in [1.82, 2.24) is 5.32 Å². The molecule has 0 aliphatic rings. The van der Waals surface area contributed by atoms with Gasteiger partial charge in [-0.3, -0.25) is 4.79 Å². The Kier molecular flexibility index (Phi) is 7.30. The van der Waals surface area contributed by atoms with E-state index < -0.39 is 18.5 Å². The summed E-state index contributed by atoms with van der Waals surface area (Å²) in [4.78, 5) is 22.6. The fourth-order valence-electron chi connectivity index (χ4n) is 1.27. The van der Waals surface area contributed by atoms with E-state index in [1.165, 1.54) is 12.2 Å². The molecule has 7 heteroatoms. The Morgan fingerprint density at radius 2 is 2.10 bits per heavy atom. The van der Waals surface area contributed by atoms with Gasteiger partial charge in [0.1, 0.15) is 0 Å². The van der Waals surface area contributed by atoms with Crippen molar-refractivity contribution < 1.29 is 14.3 Å². The number of benzene rings is 1. The van der Waals surface area contributed by atoms with E-state index >= 15 is 0 Å². The molecule has 0 saturated heterocycles. The van der Waals surface area contributed by atoms with Gasteiger partial charge in [0.2, 0.25) is 0 Å². The number of esters is 1. The van der Waals surface area contributed by atoms with Gasteiger partial charge in [0, 0.05) is 12.6 Å². The monoisotopic (exact) mass is 326 g/mol. The molecule has 1 aromatic rings. The van der Waals surface area contributed by atoms with Crippen molar-refractivity contribution in [2.75, 3.05) is 13.2 Å². The molecular formula is C14H12Cl2N2O3. The van der Waals surface area contributed by atoms with Gasteiger partial charge < -0.3 is 10.1 Å². The molecule has 0 heterocycles. The Bertz CT molecular complexity index is 594. The quantitative estimate of drug-likeness (QED) is 0.495. The van der Waals surface area contributed by atoms with E-state index in [0.717, 1.165) is 0 Å². The van der Waals surface area contributed by atoms with Crippen LogP contribution in [0.1, 0.15) is 12.0 Å². The number of hydrogen-bond acceptors (Lipinski definition) is 4. The molecule has 0 radical (unpaired) electrons. The average molecular weight is 327 g/mol. The van der Waals surface area contributed by atoms with Crippen molar-refractivity contribution in [3.05, 3.63) is 39.9 Å². The topological polar surface area (TPSA) is 79.2 Å². The Hall–Kier alpha value is -2.03. The van der Waals surface area contributed by atoms with E-state index in [-0.39, 0.29) is 13.0 Å². The van der Waals surface area contributed by atoms with Crippen LogP contribution in [0.15, 0.2) is 24.3 Å². The molecule has 0 aliphatic carbocycles. The number of nitrogens with one attached hydrogen (secondary N) is 1. The van der Waals surface area contributed by atoms with Gasteiger partial charge in [-0.25, -0.2) is 4.79 Å². The fourth-order valence-corrected chi connectivity index (χ4v) is 1.58. The second kappa shape index (κ2) is 9.01. The summed E-state index contributed by atoms with van der Waals surface area (Å²) in [5.74, 6) is -1.11. The lowest BCUT2D eigenvalue weighted by molar-refractivity contribution is -0.143. The minimum absolute atomic E-state index is 0.205. The zero-order valence-electron chi connectivity index (χ0n) is 10.9. The van der Waals surface area contributed by atoms with E-state index in [1.807, 2.05) is 6.07 Å². The van der Waals surface area contributed by atoms with Gasteiger partial charge >= 0.3 is 5.97 Å². The maximum Gasteiger partial charge on any atom is 0.331 e. The summed E-state index contributed by atoms with van der Waals surface area (Å²) in [7, 11) is 0. The first-order valence-electron chi connectivity index (χ1n) is 5.96. The molecule has 0 fully saturated rings. The number of amides is 1. The van der Waals surface area contributed by atoms with Crippen molar-refractivity contribution in [3.63, 3.8) is 0 Å². The Morgan fingerprint density at radius 1 is 1.33 bits per heavy atom. The molecule has 0 aromatic heterocycles. The van der Waals surface area contributed by atoms with Crippen LogP contribution < -0.4 is 5.32 Å². The highest BCUT2D eigenvalue weighted by atomic mass is 35.5. The minimum Gasteiger partial charge on any atom is -0.452 e. The molecule has 0 atom stereocenters. The fraction of sp³-hybridized carbons (Fsp3) is 0.214. The highest BCUT2D eigenvalue weighted by Crippen LogP contribution is 2.23. The van der Waals surface area contributed by atoms with Gasteiger partial charge in [0.05, 0.1) is 22.5 Å². The maximum atomic E-state index is 11.4. The molecule has 110 valence electrons. The molecule has 0 saturated carbocycles. The second-order valence-electron chi connectivity index (χ2n) is 3.87. The van der Waals surface area contributed by atoms with Crippen LogP contribution in [0, 0.1) is 11.3 Å². The van der Waals surface area contributed by atoms with Crippen LogP contribution in [-0.2, 0) is 14.3 Å². The molecular weight excluding hydrogens is 315 g/mol. The first-order valence-corrected chi connectivity index (χ1v) is 6.72. The lowest BCUT2D eigenvalue weighted by atomic mass is 10.2. The van der Waals surface area contributed by atoms with E-state index in [4.69, 9.17) is 33.2 Å². The van der Waals surface area contributed by atoms with Crippen molar-refractivity contribution in [1.29, 1.82) is 5.26 Å². The third-order valence-corrected chi connectivity index (χ3v) is 3.00. The minimum atomic E-state index is -0.656. The molecule has 1 aromatic carbocycles. The third kappa shape index (κ3) is 6.80. The number of carbonyl (C=O) groups is 2. The van der Waals surface area contributed by atoms with Crippen molar-refractivity contribution >= 4 is 41.2 Å². The molecule has 0 spiro atoms. The number of nitriles is 1. The number of nitrogens with zero attached hydrogens (tertiary/aromatic N) is 1. The Morgan fingerprint density at radius 3 is 2.76 bits per heavy atom. The smallest absolute Gasteiger partial charge is 0.331 e. The summed E-state index contributed by atoms with van der Waals surface area (Å²) in [6.45, 7) is -0.165. The lowest BCUT2D eigenvalue weighted by Crippen LogP contribution is -2.29. The normalized spacial score (nSPS) is 10.1. The molecule has 0 unspecified atom stereocenters.